The fraction of sp³-hybridized carbons (Fsp3) is 0.136. The van der Waals surface area contributed by atoms with Crippen molar-refractivity contribution in [1.82, 2.24) is 9.55 Å². The number of carbonyl (C=O) groups excluding carboxylic acids is 1. The quantitative estimate of drug-likeness (QED) is 0.526. The Morgan fingerprint density at radius 1 is 1.10 bits per heavy atom. The number of pyridine rings is 1. The van der Waals surface area contributed by atoms with Crippen molar-refractivity contribution in [3.05, 3.63) is 82.8 Å². The van der Waals surface area contributed by atoms with Crippen LogP contribution in [0, 0.1) is 0 Å². The van der Waals surface area contributed by atoms with Crippen molar-refractivity contribution in [3.63, 3.8) is 0 Å². The molecule has 0 saturated heterocycles. The molecule has 2 aromatic heterocycles. The second-order valence-corrected chi connectivity index (χ2v) is 7.46. The molecule has 6 nitrogen and oxygen atoms in total. The third kappa shape index (κ3) is 4.11. The van der Waals surface area contributed by atoms with Crippen molar-refractivity contribution in [2.24, 2.45) is 0 Å². The molecule has 4 rings (SSSR count). The predicted molar refractivity (Wildman–Crippen MR) is 116 cm³/mol. The minimum absolute atomic E-state index is 0.173. The van der Waals surface area contributed by atoms with Gasteiger partial charge in [-0.05, 0) is 30.3 Å². The van der Waals surface area contributed by atoms with Gasteiger partial charge in [0.25, 0.3) is 11.5 Å². The van der Waals surface area contributed by atoms with Gasteiger partial charge < -0.3 is 14.6 Å². The van der Waals surface area contributed by atoms with Gasteiger partial charge in [-0.15, -0.1) is 11.3 Å². The Kier molecular flexibility index (Phi) is 5.50. The summed E-state index contributed by atoms with van der Waals surface area (Å²) in [6.07, 6.45) is 1.55. The minimum atomic E-state index is -0.287. The van der Waals surface area contributed by atoms with E-state index in [-0.39, 0.29) is 11.5 Å². The van der Waals surface area contributed by atoms with Crippen LogP contribution in [-0.2, 0) is 11.3 Å². The Hall–Kier alpha value is -3.29. The number of ether oxygens (including phenoxy) is 1. The van der Waals surface area contributed by atoms with Crippen LogP contribution in [-0.4, -0.2) is 29.2 Å². The van der Waals surface area contributed by atoms with Crippen LogP contribution in [0.1, 0.15) is 10.4 Å². The van der Waals surface area contributed by atoms with E-state index in [0.717, 1.165) is 20.8 Å². The van der Waals surface area contributed by atoms with Crippen molar-refractivity contribution in [3.8, 4) is 10.6 Å². The highest BCUT2D eigenvalue weighted by Gasteiger charge is 2.14. The van der Waals surface area contributed by atoms with E-state index in [1.165, 1.54) is 16.7 Å². The summed E-state index contributed by atoms with van der Waals surface area (Å²) in [5, 5.41) is 3.79. The molecule has 0 aliphatic rings. The number of benzene rings is 2. The second-order valence-electron chi connectivity index (χ2n) is 6.43. The van der Waals surface area contributed by atoms with E-state index in [4.69, 9.17) is 9.72 Å². The fourth-order valence-electron chi connectivity index (χ4n) is 2.99. The number of amides is 1. The zero-order valence-corrected chi connectivity index (χ0v) is 16.6. The first-order valence-corrected chi connectivity index (χ1v) is 9.93. The molecule has 4 aromatic rings. The average molecular weight is 405 g/mol. The van der Waals surface area contributed by atoms with E-state index in [1.54, 1.807) is 24.6 Å². The lowest BCUT2D eigenvalue weighted by Crippen LogP contribution is -2.23. The lowest BCUT2D eigenvalue weighted by Gasteiger charge is -2.11. The molecule has 0 unspecified atom stereocenters. The molecule has 1 N–H and O–H groups in total. The molecular weight excluding hydrogens is 386 g/mol. The SMILES string of the molecule is COCCn1cc(C(=O)Nc2ccccc2-c2nc3ccccc3s2)ccc1=O. The van der Waals surface area contributed by atoms with E-state index in [2.05, 4.69) is 5.32 Å². The van der Waals surface area contributed by atoms with Crippen LogP contribution in [0.5, 0.6) is 0 Å². The van der Waals surface area contributed by atoms with Gasteiger partial charge in [-0.1, -0.05) is 24.3 Å². The van der Waals surface area contributed by atoms with Crippen molar-refractivity contribution in [2.45, 2.75) is 6.54 Å². The number of anilines is 1. The normalized spacial score (nSPS) is 10.9. The van der Waals surface area contributed by atoms with Gasteiger partial charge in [-0.2, -0.15) is 0 Å². The number of aromatic nitrogens is 2. The molecule has 0 aliphatic carbocycles. The molecule has 2 heterocycles. The molecule has 0 atom stereocenters. The van der Waals surface area contributed by atoms with Crippen molar-refractivity contribution >= 4 is 33.1 Å². The van der Waals surface area contributed by atoms with Gasteiger partial charge in [-0.25, -0.2) is 4.98 Å². The monoisotopic (exact) mass is 405 g/mol. The summed E-state index contributed by atoms with van der Waals surface area (Å²) in [7, 11) is 1.57. The Balaban J connectivity index is 1.63. The predicted octanol–water partition coefficient (Wildman–Crippen LogP) is 4.02. The van der Waals surface area contributed by atoms with Gasteiger partial charge in [0.15, 0.2) is 0 Å². The highest BCUT2D eigenvalue weighted by molar-refractivity contribution is 7.21. The number of rotatable bonds is 6. The number of para-hydroxylation sites is 2. The number of hydrogen-bond donors (Lipinski definition) is 1. The summed E-state index contributed by atoms with van der Waals surface area (Å²) in [6.45, 7) is 0.782. The van der Waals surface area contributed by atoms with Crippen LogP contribution >= 0.6 is 11.3 Å². The fourth-order valence-corrected chi connectivity index (χ4v) is 4.00. The molecule has 0 fully saturated rings. The van der Waals surface area contributed by atoms with Crippen LogP contribution in [0.4, 0.5) is 5.69 Å². The zero-order valence-electron chi connectivity index (χ0n) is 15.8. The second kappa shape index (κ2) is 8.38. The molecule has 7 heteroatoms. The lowest BCUT2D eigenvalue weighted by molar-refractivity contribution is 0.102. The smallest absolute Gasteiger partial charge is 0.257 e. The lowest BCUT2D eigenvalue weighted by atomic mass is 10.1. The number of fused-ring (bicyclic) bond motifs is 1. The molecule has 0 spiro atoms. The maximum atomic E-state index is 12.8. The van der Waals surface area contributed by atoms with E-state index < -0.39 is 0 Å². The highest BCUT2D eigenvalue weighted by Crippen LogP contribution is 2.34. The topological polar surface area (TPSA) is 73.2 Å². The summed E-state index contributed by atoms with van der Waals surface area (Å²) in [6, 6.07) is 18.4. The third-order valence-electron chi connectivity index (χ3n) is 4.48. The molecule has 1 amide bonds. The van der Waals surface area contributed by atoms with Gasteiger partial charge in [0, 0.05) is 31.5 Å². The summed E-state index contributed by atoms with van der Waals surface area (Å²) in [5.41, 5.74) is 2.69. The zero-order chi connectivity index (χ0) is 20.2. The molecular formula is C22H19N3O3S. The molecule has 29 heavy (non-hydrogen) atoms. The Labute approximate surface area is 171 Å². The summed E-state index contributed by atoms with van der Waals surface area (Å²) in [5.74, 6) is -0.287. The number of nitrogens with zero attached hydrogens (tertiary/aromatic N) is 2. The van der Waals surface area contributed by atoms with Gasteiger partial charge in [0.05, 0.1) is 28.1 Å². The van der Waals surface area contributed by atoms with Crippen molar-refractivity contribution in [2.75, 3.05) is 19.0 Å². The standard InChI is InChI=1S/C22H19N3O3S/c1-28-13-12-25-14-15(10-11-20(25)26)21(27)23-17-7-3-2-6-16(17)22-24-18-8-4-5-9-19(18)29-22/h2-11,14H,12-13H2,1H3,(H,23,27). The summed E-state index contributed by atoms with van der Waals surface area (Å²) >= 11 is 1.58. The number of hydrogen-bond acceptors (Lipinski definition) is 5. The molecule has 2 aromatic carbocycles. The van der Waals surface area contributed by atoms with Crippen LogP contribution < -0.4 is 10.9 Å². The largest absolute Gasteiger partial charge is 0.383 e. The Bertz CT molecular complexity index is 1200. The molecule has 0 bridgehead atoms. The number of carbonyl (C=O) groups is 1. The maximum absolute atomic E-state index is 12.8. The third-order valence-corrected chi connectivity index (χ3v) is 5.55. The van der Waals surface area contributed by atoms with Gasteiger partial charge in [0.1, 0.15) is 5.01 Å². The Morgan fingerprint density at radius 3 is 2.72 bits per heavy atom. The first kappa shape index (κ1) is 19.0. The van der Waals surface area contributed by atoms with Crippen LogP contribution in [0.2, 0.25) is 0 Å². The van der Waals surface area contributed by atoms with E-state index >= 15 is 0 Å². The van der Waals surface area contributed by atoms with Crippen molar-refractivity contribution in [1.29, 1.82) is 0 Å². The van der Waals surface area contributed by atoms with Gasteiger partial charge >= 0.3 is 0 Å². The maximum Gasteiger partial charge on any atom is 0.257 e. The average Bonchev–Trinajstić information content (AvgIpc) is 3.17. The van der Waals surface area contributed by atoms with Crippen LogP contribution in [0.15, 0.2) is 71.7 Å². The van der Waals surface area contributed by atoms with E-state index in [9.17, 15) is 9.59 Å². The van der Waals surface area contributed by atoms with Crippen molar-refractivity contribution < 1.29 is 9.53 Å². The highest BCUT2D eigenvalue weighted by atomic mass is 32.1. The minimum Gasteiger partial charge on any atom is -0.383 e. The van der Waals surface area contributed by atoms with Crippen LogP contribution in [0.3, 0.4) is 0 Å². The molecule has 0 aliphatic heterocycles. The molecule has 0 radical (unpaired) electrons. The first-order chi connectivity index (χ1) is 14.2. The van der Waals surface area contributed by atoms with E-state index in [0.29, 0.717) is 24.4 Å². The number of thiazole rings is 1. The molecule has 146 valence electrons. The van der Waals surface area contributed by atoms with Gasteiger partial charge in [-0.3, -0.25) is 9.59 Å². The number of methoxy groups -OCH3 is 1. The van der Waals surface area contributed by atoms with Crippen LogP contribution in [0.25, 0.3) is 20.8 Å². The van der Waals surface area contributed by atoms with Gasteiger partial charge in [0.2, 0.25) is 0 Å². The van der Waals surface area contributed by atoms with E-state index in [1.807, 2.05) is 48.5 Å². The number of nitrogens with one attached hydrogen (secondary N) is 1. The summed E-state index contributed by atoms with van der Waals surface area (Å²) < 4.78 is 7.58. The molecule has 0 saturated carbocycles. The summed E-state index contributed by atoms with van der Waals surface area (Å²) in [4.78, 5) is 29.5. The Morgan fingerprint density at radius 2 is 1.90 bits per heavy atom. The first-order valence-electron chi connectivity index (χ1n) is 9.11.